The summed E-state index contributed by atoms with van der Waals surface area (Å²) in [7, 11) is 1.44. The lowest BCUT2D eigenvalue weighted by atomic mass is 9.95. The Labute approximate surface area is 162 Å². The fourth-order valence-corrected chi connectivity index (χ4v) is 3.40. The molecule has 1 amide bonds. The molecule has 0 radical (unpaired) electrons. The molecule has 2 aliphatic heterocycles. The lowest BCUT2D eigenvalue weighted by Gasteiger charge is -2.49. The van der Waals surface area contributed by atoms with Gasteiger partial charge in [0.1, 0.15) is 24.4 Å². The molecule has 9 nitrogen and oxygen atoms in total. The van der Waals surface area contributed by atoms with Crippen molar-refractivity contribution in [2.45, 2.75) is 56.9 Å². The molecule has 154 valence electrons. The molecule has 2 N–H and O–H groups in total. The average molecular weight is 395 g/mol. The van der Waals surface area contributed by atoms with Crippen LogP contribution in [0, 0.1) is 0 Å². The number of methoxy groups -OCH3 is 1. The average Bonchev–Trinajstić information content (AvgIpc) is 2.69. The zero-order valence-corrected chi connectivity index (χ0v) is 15.9. The summed E-state index contributed by atoms with van der Waals surface area (Å²) in [5, 5.41) is 12.0. The van der Waals surface area contributed by atoms with Crippen LogP contribution < -0.4 is 5.32 Å². The summed E-state index contributed by atoms with van der Waals surface area (Å²) in [5.41, 5.74) is 0.816. The van der Waals surface area contributed by atoms with Gasteiger partial charge >= 0.3 is 5.97 Å². The molecule has 2 aliphatic rings. The number of benzene rings is 1. The minimum Gasteiger partial charge on any atom is -0.479 e. The van der Waals surface area contributed by atoms with Crippen molar-refractivity contribution >= 4 is 11.9 Å². The van der Waals surface area contributed by atoms with E-state index in [1.165, 1.54) is 21.0 Å². The van der Waals surface area contributed by atoms with Gasteiger partial charge < -0.3 is 34.1 Å². The summed E-state index contributed by atoms with van der Waals surface area (Å²) in [6.45, 7) is 2.99. The highest BCUT2D eigenvalue weighted by Gasteiger charge is 2.52. The molecule has 2 fully saturated rings. The number of hydrogen-bond acceptors (Lipinski definition) is 7. The molecule has 1 aromatic carbocycles. The summed E-state index contributed by atoms with van der Waals surface area (Å²) >= 11 is 0. The molecule has 0 spiro atoms. The molecular weight excluding hydrogens is 370 g/mol. The molecule has 0 bridgehead atoms. The van der Waals surface area contributed by atoms with Gasteiger partial charge in [-0.2, -0.15) is 0 Å². The standard InChI is InChI=1S/C19H25NO8/c1-10(17(22)23)26-16-14(20-11(2)21)19(24-3)27-13-9-25-18(28-15(13)16)12-7-5-4-6-8-12/h4-8,10,13-16,18-19H,9H2,1-3H3,(H,20,21)(H,22,23)/t10?,13-,14-,15-,16-,18?,19?/m1/s1. The van der Waals surface area contributed by atoms with E-state index in [9.17, 15) is 14.7 Å². The Balaban J connectivity index is 1.88. The summed E-state index contributed by atoms with van der Waals surface area (Å²) in [6, 6.07) is 8.61. The smallest absolute Gasteiger partial charge is 0.332 e. The summed E-state index contributed by atoms with van der Waals surface area (Å²) in [4.78, 5) is 23.1. The fourth-order valence-electron chi connectivity index (χ4n) is 3.40. The molecule has 7 atom stereocenters. The van der Waals surface area contributed by atoms with Gasteiger partial charge in [-0.1, -0.05) is 30.3 Å². The predicted molar refractivity (Wildman–Crippen MR) is 95.3 cm³/mol. The molecule has 0 aliphatic carbocycles. The second-order valence-electron chi connectivity index (χ2n) is 6.76. The predicted octanol–water partition coefficient (Wildman–Crippen LogP) is 0.835. The van der Waals surface area contributed by atoms with Gasteiger partial charge in [-0.05, 0) is 6.92 Å². The van der Waals surface area contributed by atoms with E-state index >= 15 is 0 Å². The SMILES string of the molecule is COC1O[C@@H]2COC(c3ccccc3)O[C@H]2[C@H](OC(C)C(=O)O)[C@H]1NC(C)=O. The molecule has 9 heteroatoms. The monoisotopic (exact) mass is 395 g/mol. The first kappa shape index (κ1) is 20.7. The molecule has 2 saturated heterocycles. The number of carbonyl (C=O) groups excluding carboxylic acids is 1. The van der Waals surface area contributed by atoms with Crippen molar-refractivity contribution in [2.75, 3.05) is 13.7 Å². The van der Waals surface area contributed by atoms with Crippen LogP contribution in [-0.4, -0.2) is 67.4 Å². The Morgan fingerprint density at radius 1 is 1.25 bits per heavy atom. The van der Waals surface area contributed by atoms with E-state index in [1.54, 1.807) is 0 Å². The molecule has 1 aromatic rings. The van der Waals surface area contributed by atoms with E-state index in [0.29, 0.717) is 0 Å². The van der Waals surface area contributed by atoms with Crippen LogP contribution in [0.15, 0.2) is 30.3 Å². The molecule has 28 heavy (non-hydrogen) atoms. The maximum Gasteiger partial charge on any atom is 0.332 e. The normalized spacial score (nSPS) is 33.5. The Morgan fingerprint density at radius 3 is 2.57 bits per heavy atom. The molecule has 3 unspecified atom stereocenters. The van der Waals surface area contributed by atoms with E-state index in [-0.39, 0.29) is 12.5 Å². The van der Waals surface area contributed by atoms with E-state index in [1.807, 2.05) is 30.3 Å². The van der Waals surface area contributed by atoms with Crippen molar-refractivity contribution in [1.82, 2.24) is 5.32 Å². The van der Waals surface area contributed by atoms with Crippen LogP contribution >= 0.6 is 0 Å². The Morgan fingerprint density at radius 2 is 1.96 bits per heavy atom. The highest BCUT2D eigenvalue weighted by atomic mass is 16.7. The van der Waals surface area contributed by atoms with Gasteiger partial charge in [-0.25, -0.2) is 4.79 Å². The van der Waals surface area contributed by atoms with E-state index in [2.05, 4.69) is 5.32 Å². The van der Waals surface area contributed by atoms with Gasteiger partial charge in [0.05, 0.1) is 6.61 Å². The second kappa shape index (κ2) is 8.97. The first-order valence-electron chi connectivity index (χ1n) is 9.06. The zero-order valence-electron chi connectivity index (χ0n) is 15.9. The van der Waals surface area contributed by atoms with Crippen molar-refractivity contribution in [2.24, 2.45) is 0 Å². The zero-order chi connectivity index (χ0) is 20.3. The van der Waals surface area contributed by atoms with Crippen LogP contribution in [0.3, 0.4) is 0 Å². The maximum absolute atomic E-state index is 11.7. The lowest BCUT2D eigenvalue weighted by molar-refractivity contribution is -0.347. The number of fused-ring (bicyclic) bond motifs is 1. The second-order valence-corrected chi connectivity index (χ2v) is 6.76. The van der Waals surface area contributed by atoms with Crippen molar-refractivity contribution in [1.29, 1.82) is 0 Å². The summed E-state index contributed by atoms with van der Waals surface area (Å²) < 4.78 is 28.9. The minimum absolute atomic E-state index is 0.207. The number of carboxylic acids is 1. The lowest BCUT2D eigenvalue weighted by Crippen LogP contribution is -2.67. The van der Waals surface area contributed by atoms with Crippen LogP contribution in [0.5, 0.6) is 0 Å². The Kier molecular flexibility index (Phi) is 6.63. The highest BCUT2D eigenvalue weighted by Crippen LogP contribution is 2.35. The summed E-state index contributed by atoms with van der Waals surface area (Å²) in [6.07, 6.45) is -4.62. The maximum atomic E-state index is 11.7. The van der Waals surface area contributed by atoms with Crippen LogP contribution in [0.2, 0.25) is 0 Å². The number of nitrogens with one attached hydrogen (secondary N) is 1. The van der Waals surface area contributed by atoms with Crippen molar-refractivity contribution in [3.63, 3.8) is 0 Å². The number of rotatable bonds is 6. The number of aliphatic carboxylic acids is 1. The number of ether oxygens (including phenoxy) is 5. The fraction of sp³-hybridized carbons (Fsp3) is 0.579. The number of hydrogen-bond donors (Lipinski definition) is 2. The van der Waals surface area contributed by atoms with Crippen LogP contribution in [0.1, 0.15) is 25.7 Å². The quantitative estimate of drug-likeness (QED) is 0.729. The van der Waals surface area contributed by atoms with Gasteiger partial charge in [0, 0.05) is 19.6 Å². The van der Waals surface area contributed by atoms with Gasteiger partial charge in [0.25, 0.3) is 0 Å². The van der Waals surface area contributed by atoms with Crippen LogP contribution in [0.25, 0.3) is 0 Å². The third-order valence-electron chi connectivity index (χ3n) is 4.72. The van der Waals surface area contributed by atoms with Gasteiger partial charge in [-0.3, -0.25) is 4.79 Å². The number of amides is 1. The van der Waals surface area contributed by atoms with E-state index in [0.717, 1.165) is 5.56 Å². The highest BCUT2D eigenvalue weighted by molar-refractivity contribution is 5.73. The van der Waals surface area contributed by atoms with E-state index < -0.39 is 49.0 Å². The van der Waals surface area contributed by atoms with E-state index in [4.69, 9.17) is 23.7 Å². The van der Waals surface area contributed by atoms with Gasteiger partial charge in [0.15, 0.2) is 18.7 Å². The number of carbonyl (C=O) groups is 2. The first-order chi connectivity index (χ1) is 13.4. The largest absolute Gasteiger partial charge is 0.479 e. The summed E-state index contributed by atoms with van der Waals surface area (Å²) in [5.74, 6) is -1.44. The molecule has 3 rings (SSSR count). The molecule has 2 heterocycles. The Bertz CT molecular complexity index is 684. The van der Waals surface area contributed by atoms with Crippen molar-refractivity contribution < 1.29 is 38.4 Å². The van der Waals surface area contributed by atoms with Crippen LogP contribution in [-0.2, 0) is 33.3 Å². The first-order valence-corrected chi connectivity index (χ1v) is 9.06. The number of carboxylic acid groups (broad SMARTS) is 1. The minimum atomic E-state index is -1.12. The molecular formula is C19H25NO8. The van der Waals surface area contributed by atoms with Gasteiger partial charge in [-0.15, -0.1) is 0 Å². The molecule has 0 saturated carbocycles. The Hall–Kier alpha value is -2.04. The third kappa shape index (κ3) is 4.50. The third-order valence-corrected chi connectivity index (χ3v) is 4.72. The van der Waals surface area contributed by atoms with Gasteiger partial charge in [0.2, 0.25) is 5.91 Å². The van der Waals surface area contributed by atoms with Crippen molar-refractivity contribution in [3.05, 3.63) is 35.9 Å². The van der Waals surface area contributed by atoms with Crippen LogP contribution in [0.4, 0.5) is 0 Å². The topological polar surface area (TPSA) is 113 Å². The van der Waals surface area contributed by atoms with Crippen molar-refractivity contribution in [3.8, 4) is 0 Å². The molecule has 0 aromatic heterocycles.